The van der Waals surface area contributed by atoms with Gasteiger partial charge in [-0.05, 0) is 20.3 Å². The predicted molar refractivity (Wildman–Crippen MR) is 70.2 cm³/mol. The van der Waals surface area contributed by atoms with Gasteiger partial charge in [0.05, 0.1) is 19.8 Å². The highest BCUT2D eigenvalue weighted by molar-refractivity contribution is 4.88. The molecule has 4 nitrogen and oxygen atoms in total. The van der Waals surface area contributed by atoms with E-state index in [0.29, 0.717) is 12.1 Å². The van der Waals surface area contributed by atoms with Gasteiger partial charge in [-0.1, -0.05) is 13.8 Å². The Hall–Kier alpha value is -0.160. The number of rotatable bonds is 6. The van der Waals surface area contributed by atoms with Crippen LogP contribution in [0.25, 0.3) is 0 Å². The molecule has 2 unspecified atom stereocenters. The number of ether oxygens (including phenoxy) is 1. The van der Waals surface area contributed by atoms with Crippen molar-refractivity contribution in [3.8, 4) is 0 Å². The molecule has 102 valence electrons. The first-order chi connectivity index (χ1) is 7.97. The van der Waals surface area contributed by atoms with E-state index in [4.69, 9.17) is 4.74 Å². The van der Waals surface area contributed by atoms with Gasteiger partial charge in [0.2, 0.25) is 0 Å². The molecule has 0 aromatic carbocycles. The van der Waals surface area contributed by atoms with E-state index in [0.717, 1.165) is 32.7 Å². The molecule has 1 heterocycles. The normalized spacial score (nSPS) is 23.6. The molecule has 17 heavy (non-hydrogen) atoms. The summed E-state index contributed by atoms with van der Waals surface area (Å²) in [6.45, 7) is 12.4. The highest BCUT2D eigenvalue weighted by Gasteiger charge is 2.29. The molecule has 1 rings (SSSR count). The maximum Gasteiger partial charge on any atom is 0.0611 e. The number of aliphatic hydroxyl groups is 1. The first kappa shape index (κ1) is 14.9. The molecule has 1 fully saturated rings. The van der Waals surface area contributed by atoms with E-state index in [2.05, 4.69) is 37.9 Å². The van der Waals surface area contributed by atoms with Crippen LogP contribution in [0.1, 0.15) is 34.1 Å². The van der Waals surface area contributed by atoms with E-state index in [9.17, 15) is 5.11 Å². The van der Waals surface area contributed by atoms with Gasteiger partial charge in [-0.25, -0.2) is 0 Å². The van der Waals surface area contributed by atoms with Crippen molar-refractivity contribution in [1.82, 2.24) is 10.2 Å². The fourth-order valence-corrected chi connectivity index (χ4v) is 2.67. The fourth-order valence-electron chi connectivity index (χ4n) is 2.67. The third-order valence-corrected chi connectivity index (χ3v) is 3.40. The van der Waals surface area contributed by atoms with E-state index in [1.807, 2.05) is 0 Å². The third kappa shape index (κ3) is 4.92. The molecule has 2 atom stereocenters. The quantitative estimate of drug-likeness (QED) is 0.727. The number of hydrogen-bond acceptors (Lipinski definition) is 4. The van der Waals surface area contributed by atoms with Crippen molar-refractivity contribution in [2.75, 3.05) is 32.9 Å². The van der Waals surface area contributed by atoms with Crippen LogP contribution < -0.4 is 5.32 Å². The second kappa shape index (κ2) is 6.69. The van der Waals surface area contributed by atoms with Crippen LogP contribution in [0.3, 0.4) is 0 Å². The molecule has 0 aliphatic carbocycles. The predicted octanol–water partition coefficient (Wildman–Crippen LogP) is 0.846. The number of aliphatic hydroxyl groups excluding tert-OH is 1. The van der Waals surface area contributed by atoms with E-state index in [-0.39, 0.29) is 12.1 Å². The summed E-state index contributed by atoms with van der Waals surface area (Å²) in [5, 5.41) is 13.0. The molecule has 2 N–H and O–H groups in total. The molecule has 0 amide bonds. The number of nitrogens with zero attached hydrogens (tertiary/aromatic N) is 1. The Morgan fingerprint density at radius 1 is 1.29 bits per heavy atom. The van der Waals surface area contributed by atoms with Gasteiger partial charge in [-0.3, -0.25) is 4.90 Å². The monoisotopic (exact) mass is 244 g/mol. The second-order valence-corrected chi connectivity index (χ2v) is 5.72. The van der Waals surface area contributed by atoms with Gasteiger partial charge in [0.1, 0.15) is 0 Å². The van der Waals surface area contributed by atoms with Crippen molar-refractivity contribution in [1.29, 1.82) is 0 Å². The minimum absolute atomic E-state index is 0.180. The van der Waals surface area contributed by atoms with E-state index in [1.165, 1.54) is 0 Å². The number of nitrogens with one attached hydrogen (secondary N) is 1. The summed E-state index contributed by atoms with van der Waals surface area (Å²) in [6.07, 6.45) is 0.960. The van der Waals surface area contributed by atoms with Gasteiger partial charge in [-0.15, -0.1) is 0 Å². The van der Waals surface area contributed by atoms with Gasteiger partial charge in [0.15, 0.2) is 0 Å². The van der Waals surface area contributed by atoms with Crippen molar-refractivity contribution in [2.24, 2.45) is 0 Å². The summed E-state index contributed by atoms with van der Waals surface area (Å²) in [7, 11) is 0. The highest BCUT2D eigenvalue weighted by Crippen LogP contribution is 2.17. The Morgan fingerprint density at radius 2 is 1.88 bits per heavy atom. The average Bonchev–Trinajstić information content (AvgIpc) is 2.29. The van der Waals surface area contributed by atoms with Crippen molar-refractivity contribution < 1.29 is 9.84 Å². The lowest BCUT2D eigenvalue weighted by molar-refractivity contribution is 0.00881. The topological polar surface area (TPSA) is 44.7 Å². The van der Waals surface area contributed by atoms with Crippen molar-refractivity contribution in [3.63, 3.8) is 0 Å². The zero-order chi connectivity index (χ0) is 12.9. The molecule has 0 spiro atoms. The zero-order valence-electron chi connectivity index (χ0n) is 11.7. The molecule has 0 aromatic heterocycles. The van der Waals surface area contributed by atoms with Crippen LogP contribution in [0.15, 0.2) is 0 Å². The maximum absolute atomic E-state index is 9.58. The Labute approximate surface area is 105 Å². The molecule has 0 bridgehead atoms. The summed E-state index contributed by atoms with van der Waals surface area (Å²) >= 11 is 0. The summed E-state index contributed by atoms with van der Waals surface area (Å²) in [5.41, 5.74) is -0.189. The van der Waals surface area contributed by atoms with Crippen molar-refractivity contribution >= 4 is 0 Å². The van der Waals surface area contributed by atoms with Crippen LogP contribution in [-0.2, 0) is 4.74 Å². The highest BCUT2D eigenvalue weighted by atomic mass is 16.5. The number of hydrogen-bond donors (Lipinski definition) is 2. The van der Waals surface area contributed by atoms with E-state index < -0.39 is 0 Å². The van der Waals surface area contributed by atoms with Crippen LogP contribution in [-0.4, -0.2) is 60.5 Å². The van der Waals surface area contributed by atoms with Gasteiger partial charge in [0.25, 0.3) is 0 Å². The Balaban J connectivity index is 2.48. The molecular formula is C13H28N2O2. The van der Waals surface area contributed by atoms with Crippen LogP contribution >= 0.6 is 0 Å². The molecule has 0 saturated carbocycles. The molecular weight excluding hydrogens is 216 g/mol. The smallest absolute Gasteiger partial charge is 0.0611 e. The molecule has 4 heteroatoms. The van der Waals surface area contributed by atoms with Crippen molar-refractivity contribution in [3.05, 3.63) is 0 Å². The molecule has 0 aromatic rings. The summed E-state index contributed by atoms with van der Waals surface area (Å²) in [5.74, 6) is 0. The van der Waals surface area contributed by atoms with Gasteiger partial charge >= 0.3 is 0 Å². The molecule has 1 saturated heterocycles. The van der Waals surface area contributed by atoms with Crippen LogP contribution in [0.5, 0.6) is 0 Å². The standard InChI is InChI=1S/C13H28N2O2/c1-11(2)14-13(4,10-16)9-12(3)15-5-7-17-8-6-15/h11-12,14,16H,5-10H2,1-4H3. The van der Waals surface area contributed by atoms with Gasteiger partial charge in [0, 0.05) is 30.7 Å². The van der Waals surface area contributed by atoms with Gasteiger partial charge in [-0.2, -0.15) is 0 Å². The summed E-state index contributed by atoms with van der Waals surface area (Å²) in [4.78, 5) is 2.44. The Morgan fingerprint density at radius 3 is 2.35 bits per heavy atom. The Kier molecular flexibility index (Phi) is 5.86. The van der Waals surface area contributed by atoms with E-state index >= 15 is 0 Å². The SMILES string of the molecule is CC(C)NC(C)(CO)CC(C)N1CCOCC1. The zero-order valence-corrected chi connectivity index (χ0v) is 11.7. The van der Waals surface area contributed by atoms with Crippen LogP contribution in [0, 0.1) is 0 Å². The van der Waals surface area contributed by atoms with Gasteiger partial charge < -0.3 is 15.2 Å². The molecule has 0 radical (unpaired) electrons. The molecule has 1 aliphatic heterocycles. The minimum atomic E-state index is -0.189. The first-order valence-electron chi connectivity index (χ1n) is 6.67. The van der Waals surface area contributed by atoms with E-state index in [1.54, 1.807) is 0 Å². The molecule has 1 aliphatic rings. The average molecular weight is 244 g/mol. The second-order valence-electron chi connectivity index (χ2n) is 5.72. The lowest BCUT2D eigenvalue weighted by Gasteiger charge is -2.39. The number of morpholine rings is 1. The van der Waals surface area contributed by atoms with Crippen molar-refractivity contribution in [2.45, 2.75) is 51.7 Å². The van der Waals surface area contributed by atoms with Crippen LogP contribution in [0.2, 0.25) is 0 Å². The third-order valence-electron chi connectivity index (χ3n) is 3.40. The Bertz CT molecular complexity index is 217. The fraction of sp³-hybridized carbons (Fsp3) is 1.00. The summed E-state index contributed by atoms with van der Waals surface area (Å²) in [6, 6.07) is 0.867. The maximum atomic E-state index is 9.58. The first-order valence-corrected chi connectivity index (χ1v) is 6.67. The lowest BCUT2D eigenvalue weighted by Crippen LogP contribution is -2.54. The van der Waals surface area contributed by atoms with Crippen LogP contribution in [0.4, 0.5) is 0 Å². The largest absolute Gasteiger partial charge is 0.394 e. The minimum Gasteiger partial charge on any atom is -0.394 e. The summed E-state index contributed by atoms with van der Waals surface area (Å²) < 4.78 is 5.36. The lowest BCUT2D eigenvalue weighted by atomic mass is 9.92.